The zero-order chi connectivity index (χ0) is 20.4. The summed E-state index contributed by atoms with van der Waals surface area (Å²) in [7, 11) is -5.40. The van der Waals surface area contributed by atoms with Crippen LogP contribution >= 0.6 is 0 Å². The Morgan fingerprint density at radius 3 is 2.14 bits per heavy atom. The molecule has 3 nitrogen and oxygen atoms in total. The van der Waals surface area contributed by atoms with Gasteiger partial charge in [0.05, 0.1) is 24.2 Å². The fourth-order valence-corrected chi connectivity index (χ4v) is 8.66. The summed E-state index contributed by atoms with van der Waals surface area (Å²) in [6.07, 6.45) is 0. The molecular formula is C24H23NO2SSi. The van der Waals surface area contributed by atoms with Crippen molar-refractivity contribution in [3.8, 4) is 11.3 Å². The lowest BCUT2D eigenvalue weighted by atomic mass is 10.1. The van der Waals surface area contributed by atoms with Gasteiger partial charge in [-0.25, -0.2) is 12.4 Å². The summed E-state index contributed by atoms with van der Waals surface area (Å²) in [4.78, 5) is 0.317. The first-order valence-electron chi connectivity index (χ1n) is 9.85. The molecule has 1 heterocycles. The number of rotatable bonds is 3. The molecule has 29 heavy (non-hydrogen) atoms. The quantitative estimate of drug-likeness (QED) is 0.391. The van der Waals surface area contributed by atoms with Crippen molar-refractivity contribution in [3.05, 3.63) is 90.0 Å². The second kappa shape index (κ2) is 6.18. The van der Waals surface area contributed by atoms with E-state index in [1.54, 1.807) is 28.2 Å². The number of fused-ring (bicyclic) bond motifs is 5. The molecule has 1 aliphatic rings. The zero-order valence-corrected chi connectivity index (χ0v) is 18.6. The molecule has 4 aromatic rings. The van der Waals surface area contributed by atoms with Crippen molar-refractivity contribution in [2.45, 2.75) is 30.1 Å². The van der Waals surface area contributed by atoms with Crippen LogP contribution in [0.25, 0.3) is 22.2 Å². The van der Waals surface area contributed by atoms with Crippen molar-refractivity contribution in [2.24, 2.45) is 0 Å². The van der Waals surface area contributed by atoms with Crippen LogP contribution in [0.1, 0.15) is 16.7 Å². The third kappa shape index (κ3) is 2.57. The second-order valence-corrected chi connectivity index (χ2v) is 15.8. The lowest BCUT2D eigenvalue weighted by Crippen LogP contribution is -2.30. The average molecular weight is 418 g/mol. The van der Waals surface area contributed by atoms with Gasteiger partial charge < -0.3 is 0 Å². The standard InChI is InChI=1S/C24H23NO2SSi/c1-29(2,3)24-19-14-8-7-13-18(19)23-22(24)20-15-9-10-16-21(20)25(23)28(26,27)17-11-5-4-6-12-17/h4-16,24H,1-3H3. The zero-order valence-electron chi connectivity index (χ0n) is 16.8. The van der Waals surface area contributed by atoms with Gasteiger partial charge in [0, 0.05) is 16.5 Å². The molecule has 0 saturated carbocycles. The first-order valence-corrected chi connectivity index (χ1v) is 14.9. The van der Waals surface area contributed by atoms with Crippen molar-refractivity contribution >= 4 is 29.0 Å². The lowest BCUT2D eigenvalue weighted by Gasteiger charge is -2.27. The minimum absolute atomic E-state index is 0.269. The number of benzene rings is 3. The Hall–Kier alpha value is -2.63. The molecule has 0 radical (unpaired) electrons. The normalized spacial score (nSPS) is 16.0. The van der Waals surface area contributed by atoms with E-state index >= 15 is 0 Å². The van der Waals surface area contributed by atoms with Crippen LogP contribution in [0.3, 0.4) is 0 Å². The Morgan fingerprint density at radius 2 is 1.41 bits per heavy atom. The van der Waals surface area contributed by atoms with E-state index < -0.39 is 18.1 Å². The van der Waals surface area contributed by atoms with Gasteiger partial charge in [-0.3, -0.25) is 0 Å². The third-order valence-electron chi connectivity index (χ3n) is 5.83. The number of nitrogens with zero attached hydrogens (tertiary/aromatic N) is 1. The van der Waals surface area contributed by atoms with Gasteiger partial charge in [0.25, 0.3) is 10.0 Å². The van der Waals surface area contributed by atoms with E-state index in [0.29, 0.717) is 4.90 Å². The van der Waals surface area contributed by atoms with Crippen molar-refractivity contribution in [1.29, 1.82) is 0 Å². The van der Waals surface area contributed by atoms with E-state index in [2.05, 4.69) is 43.9 Å². The van der Waals surface area contributed by atoms with Crippen LogP contribution in [0.15, 0.2) is 83.8 Å². The highest BCUT2D eigenvalue weighted by molar-refractivity contribution is 7.90. The van der Waals surface area contributed by atoms with Crippen LogP contribution in [0.4, 0.5) is 0 Å². The average Bonchev–Trinajstić information content (AvgIpc) is 3.21. The summed E-state index contributed by atoms with van der Waals surface area (Å²) in [5.41, 5.74) is 5.37. The van der Waals surface area contributed by atoms with E-state index in [1.165, 1.54) is 11.1 Å². The molecule has 3 aromatic carbocycles. The first-order chi connectivity index (χ1) is 13.8. The van der Waals surface area contributed by atoms with Crippen molar-refractivity contribution < 1.29 is 8.42 Å². The maximum Gasteiger partial charge on any atom is 0.268 e. The minimum atomic E-state index is -3.73. The molecule has 0 spiro atoms. The van der Waals surface area contributed by atoms with Crippen molar-refractivity contribution in [1.82, 2.24) is 3.97 Å². The summed E-state index contributed by atoms with van der Waals surface area (Å²) < 4.78 is 29.2. The number of aromatic nitrogens is 1. The predicted molar refractivity (Wildman–Crippen MR) is 122 cm³/mol. The molecule has 146 valence electrons. The molecule has 1 aromatic heterocycles. The number of para-hydroxylation sites is 1. The van der Waals surface area contributed by atoms with Gasteiger partial charge in [-0.2, -0.15) is 0 Å². The molecule has 0 bridgehead atoms. The van der Waals surface area contributed by atoms with Gasteiger partial charge in [-0.15, -0.1) is 0 Å². The summed E-state index contributed by atoms with van der Waals surface area (Å²) in [5.74, 6) is 0. The van der Waals surface area contributed by atoms with E-state index in [-0.39, 0.29) is 5.54 Å². The van der Waals surface area contributed by atoms with Crippen molar-refractivity contribution in [3.63, 3.8) is 0 Å². The Kier molecular flexibility index (Phi) is 3.92. The van der Waals surface area contributed by atoms with E-state index in [0.717, 1.165) is 22.2 Å². The molecule has 1 unspecified atom stereocenters. The second-order valence-electron chi connectivity index (χ2n) is 8.75. The Bertz CT molecular complexity index is 1350. The van der Waals surface area contributed by atoms with Gasteiger partial charge in [0.1, 0.15) is 0 Å². The van der Waals surface area contributed by atoms with E-state index in [9.17, 15) is 8.42 Å². The van der Waals surface area contributed by atoms with Crippen LogP contribution < -0.4 is 0 Å². The maximum absolute atomic E-state index is 13.8. The molecule has 1 aliphatic carbocycles. The molecule has 5 heteroatoms. The van der Waals surface area contributed by atoms with Crippen molar-refractivity contribution in [2.75, 3.05) is 0 Å². The Labute approximate surface area is 172 Å². The minimum Gasteiger partial charge on any atom is -0.233 e. The molecule has 0 amide bonds. The van der Waals surface area contributed by atoms with Crippen LogP contribution in [0.2, 0.25) is 19.6 Å². The maximum atomic E-state index is 13.8. The largest absolute Gasteiger partial charge is 0.268 e. The van der Waals surface area contributed by atoms with Gasteiger partial charge in [0.2, 0.25) is 0 Å². The number of hydrogen-bond donors (Lipinski definition) is 0. The first kappa shape index (κ1) is 18.4. The lowest BCUT2D eigenvalue weighted by molar-refractivity contribution is 0.589. The van der Waals surface area contributed by atoms with Gasteiger partial charge in [-0.1, -0.05) is 80.3 Å². The summed E-state index contributed by atoms with van der Waals surface area (Å²) in [5, 5.41) is 1.05. The van der Waals surface area contributed by atoms with E-state index in [4.69, 9.17) is 0 Å². The highest BCUT2D eigenvalue weighted by atomic mass is 32.2. The fourth-order valence-electron chi connectivity index (χ4n) is 4.75. The van der Waals surface area contributed by atoms with Crippen LogP contribution in [-0.4, -0.2) is 20.5 Å². The molecule has 5 rings (SSSR count). The molecule has 0 aliphatic heterocycles. The summed E-state index contributed by atoms with van der Waals surface area (Å²) in [6.45, 7) is 7.09. The SMILES string of the molecule is C[Si](C)(C)C1c2ccccc2-c2c1c1ccccc1n2S(=O)(=O)c1ccccc1. The van der Waals surface area contributed by atoms with E-state index in [1.807, 2.05) is 30.3 Å². The molecule has 0 N–H and O–H groups in total. The summed E-state index contributed by atoms with van der Waals surface area (Å²) >= 11 is 0. The van der Waals surface area contributed by atoms with Gasteiger partial charge in [0.15, 0.2) is 0 Å². The predicted octanol–water partition coefficient (Wildman–Crippen LogP) is 5.87. The fraction of sp³-hybridized carbons (Fsp3) is 0.167. The monoisotopic (exact) mass is 417 g/mol. The highest BCUT2D eigenvalue weighted by Crippen LogP contribution is 2.53. The third-order valence-corrected chi connectivity index (χ3v) is 9.89. The van der Waals surface area contributed by atoms with Gasteiger partial charge >= 0.3 is 0 Å². The topological polar surface area (TPSA) is 39.1 Å². The molecule has 0 fully saturated rings. The molecule has 1 atom stereocenters. The van der Waals surface area contributed by atoms with Crippen LogP contribution in [0, 0.1) is 0 Å². The Balaban J connectivity index is 1.96. The van der Waals surface area contributed by atoms with Gasteiger partial charge in [-0.05, 0) is 29.3 Å². The smallest absolute Gasteiger partial charge is 0.233 e. The molecular weight excluding hydrogens is 394 g/mol. The summed E-state index contributed by atoms with van der Waals surface area (Å²) in [6, 6.07) is 25.0. The molecule has 0 saturated heterocycles. The van der Waals surface area contributed by atoms with Crippen LogP contribution in [-0.2, 0) is 10.0 Å². The Morgan fingerprint density at radius 1 is 0.793 bits per heavy atom. The van der Waals surface area contributed by atoms with Crippen LogP contribution in [0.5, 0.6) is 0 Å². The number of hydrogen-bond acceptors (Lipinski definition) is 2. The highest BCUT2D eigenvalue weighted by Gasteiger charge is 2.43.